The summed E-state index contributed by atoms with van der Waals surface area (Å²) in [7, 11) is 0. The Balaban J connectivity index is 0.000001000. The van der Waals surface area contributed by atoms with Gasteiger partial charge in [-0.15, -0.1) is 12.4 Å². The van der Waals surface area contributed by atoms with E-state index in [9.17, 15) is 0 Å². The fourth-order valence-electron chi connectivity index (χ4n) is 1.21. The molecule has 0 amide bonds. The van der Waals surface area contributed by atoms with E-state index in [4.69, 9.17) is 0 Å². The topological polar surface area (TPSA) is 0 Å². The molecule has 0 saturated carbocycles. The van der Waals surface area contributed by atoms with E-state index < -0.39 is 0 Å². The van der Waals surface area contributed by atoms with E-state index in [1.807, 2.05) is 0 Å². The van der Waals surface area contributed by atoms with Gasteiger partial charge in [-0.2, -0.15) is 0 Å². The monoisotopic (exact) mass is 247 g/mol. The maximum Gasteiger partial charge on any atom is -0.147 e. The predicted molar refractivity (Wildman–Crippen MR) is 47.5 cm³/mol. The van der Waals surface area contributed by atoms with Gasteiger partial charge in [0.1, 0.15) is 0 Å². The molecule has 2 heteroatoms. The molecule has 61 valence electrons. The van der Waals surface area contributed by atoms with Crippen LogP contribution in [0.15, 0.2) is 21.0 Å². The molecule has 1 aliphatic carbocycles. The van der Waals surface area contributed by atoms with E-state index in [-0.39, 0.29) is 12.4 Å². The number of hydrogen-bond acceptors (Lipinski definition) is 0. The van der Waals surface area contributed by atoms with Crippen molar-refractivity contribution in [1.29, 1.82) is 0 Å². The van der Waals surface area contributed by atoms with Crippen LogP contribution in [0.1, 0.15) is 27.2 Å². The van der Waals surface area contributed by atoms with Gasteiger partial charge in [-0.1, -0.05) is 0 Å². The van der Waals surface area contributed by atoms with Crippen molar-refractivity contribution in [3.63, 3.8) is 0 Å². The third-order valence-corrected chi connectivity index (χ3v) is 2.90. The second-order valence-corrected chi connectivity index (χ2v) is 5.23. The van der Waals surface area contributed by atoms with Crippen molar-refractivity contribution in [1.82, 2.24) is 0 Å². The van der Waals surface area contributed by atoms with Gasteiger partial charge in [0.05, 0.1) is 0 Å². The molecule has 1 rings (SSSR count). The summed E-state index contributed by atoms with van der Waals surface area (Å²) in [6, 6.07) is 0. The van der Waals surface area contributed by atoms with Crippen LogP contribution < -0.4 is 0 Å². The van der Waals surface area contributed by atoms with E-state index in [1.54, 1.807) is 33.6 Å². The standard InChI is InChI=1S/C9H13.ClH.Zr/c1-9(2,3)8-6-4-5-7-8;;/h4,6H,5H2,1-3H3;1H;. The molecule has 0 saturated heterocycles. The molecule has 0 aromatic carbocycles. The zero-order chi connectivity index (χ0) is 7.78. The zero-order valence-corrected chi connectivity index (χ0v) is 10.5. The molecule has 11 heavy (non-hydrogen) atoms. The molecule has 0 radical (unpaired) electrons. The summed E-state index contributed by atoms with van der Waals surface area (Å²) < 4.78 is 1.62. The summed E-state index contributed by atoms with van der Waals surface area (Å²) in [5.74, 6) is 0. The molecule has 0 fully saturated rings. The van der Waals surface area contributed by atoms with Crippen LogP contribution in [-0.2, 0) is 24.7 Å². The van der Waals surface area contributed by atoms with Crippen LogP contribution in [0.25, 0.3) is 0 Å². The summed E-state index contributed by atoms with van der Waals surface area (Å²) in [5.41, 5.74) is 1.93. The van der Waals surface area contributed by atoms with Gasteiger partial charge < -0.3 is 0 Å². The Bertz CT molecular complexity index is 196. The third kappa shape index (κ3) is 2.88. The predicted octanol–water partition coefficient (Wildman–Crippen LogP) is 3.22. The van der Waals surface area contributed by atoms with Gasteiger partial charge in [-0.3, -0.25) is 0 Å². The van der Waals surface area contributed by atoms with Crippen LogP contribution in [0, 0.1) is 5.41 Å². The quantitative estimate of drug-likeness (QED) is 0.618. The number of rotatable bonds is 0. The normalized spacial score (nSPS) is 16.9. The first-order valence-corrected chi connectivity index (χ1v) is 4.86. The molecule has 0 aliphatic heterocycles. The Morgan fingerprint density at radius 1 is 1.36 bits per heavy atom. The molecule has 0 bridgehead atoms. The molecule has 0 heterocycles. The first kappa shape index (κ1) is 11.7. The van der Waals surface area contributed by atoms with Crippen molar-refractivity contribution < 1.29 is 24.7 Å². The smallest absolute Gasteiger partial charge is 0.147 e. The fourth-order valence-corrected chi connectivity index (χ4v) is 2.62. The minimum atomic E-state index is 0. The Morgan fingerprint density at radius 3 is 2.09 bits per heavy atom. The molecule has 0 spiro atoms. The number of allylic oxidation sites excluding steroid dienone is 4. The van der Waals surface area contributed by atoms with Crippen molar-refractivity contribution in [2.45, 2.75) is 27.2 Å². The molecule has 0 unspecified atom stereocenters. The molecular formula is C9H14ClZr. The van der Waals surface area contributed by atoms with Gasteiger partial charge in [0.15, 0.2) is 0 Å². The number of halogens is 1. The Hall–Kier alpha value is 0.653. The second-order valence-electron chi connectivity index (χ2n) is 3.75. The largest absolute Gasteiger partial charge is 0.147 e. The third-order valence-electron chi connectivity index (χ3n) is 1.74. The molecule has 0 N–H and O–H groups in total. The van der Waals surface area contributed by atoms with Gasteiger partial charge in [0.2, 0.25) is 0 Å². The van der Waals surface area contributed by atoms with E-state index >= 15 is 0 Å². The first-order chi connectivity index (χ1) is 4.52. The van der Waals surface area contributed by atoms with Crippen LogP contribution in [0.5, 0.6) is 0 Å². The number of hydrogen-bond donors (Lipinski definition) is 0. The molecule has 0 atom stereocenters. The average Bonchev–Trinajstić information content (AvgIpc) is 2.11. The van der Waals surface area contributed by atoms with Gasteiger partial charge in [-0.25, -0.2) is 0 Å². The van der Waals surface area contributed by atoms with Crippen LogP contribution >= 0.6 is 12.4 Å². The fraction of sp³-hybridized carbons (Fsp3) is 0.556. The summed E-state index contributed by atoms with van der Waals surface area (Å²) in [6.07, 6.45) is 5.75. The van der Waals surface area contributed by atoms with Crippen molar-refractivity contribution in [2.24, 2.45) is 5.41 Å². The van der Waals surface area contributed by atoms with Gasteiger partial charge in [0, 0.05) is 0 Å². The Labute approximate surface area is 90.4 Å². The average molecular weight is 249 g/mol. The Kier molecular flexibility index (Phi) is 4.29. The van der Waals surface area contributed by atoms with Crippen LogP contribution in [0.4, 0.5) is 0 Å². The zero-order valence-electron chi connectivity index (χ0n) is 7.27. The van der Waals surface area contributed by atoms with E-state index in [2.05, 4.69) is 32.9 Å². The van der Waals surface area contributed by atoms with E-state index in [1.165, 1.54) is 6.42 Å². The molecule has 0 aromatic heterocycles. The van der Waals surface area contributed by atoms with Gasteiger partial charge in [0.25, 0.3) is 0 Å². The van der Waals surface area contributed by atoms with E-state index in [0.29, 0.717) is 5.41 Å². The van der Waals surface area contributed by atoms with Crippen LogP contribution in [-0.4, -0.2) is 0 Å². The summed E-state index contributed by atoms with van der Waals surface area (Å²) >= 11 is 1.58. The van der Waals surface area contributed by atoms with Gasteiger partial charge >= 0.3 is 78.3 Å². The van der Waals surface area contributed by atoms with Crippen LogP contribution in [0.2, 0.25) is 0 Å². The minimum Gasteiger partial charge on any atom is -0.147 e. The summed E-state index contributed by atoms with van der Waals surface area (Å²) in [6.45, 7) is 6.84. The SMILES string of the molecule is CC(C)(C)C1=[C]([Zr])CC=C1.Cl. The van der Waals surface area contributed by atoms with Crippen molar-refractivity contribution in [3.8, 4) is 0 Å². The first-order valence-electron chi connectivity index (χ1n) is 3.63. The molecular weight excluding hydrogens is 235 g/mol. The summed E-state index contributed by atoms with van der Waals surface area (Å²) in [5, 5.41) is 0. The van der Waals surface area contributed by atoms with Crippen molar-refractivity contribution in [3.05, 3.63) is 21.0 Å². The van der Waals surface area contributed by atoms with Crippen molar-refractivity contribution >= 4 is 12.4 Å². The van der Waals surface area contributed by atoms with Crippen molar-refractivity contribution in [2.75, 3.05) is 0 Å². The van der Waals surface area contributed by atoms with Gasteiger partial charge in [-0.05, 0) is 0 Å². The maximum absolute atomic E-state index is 2.28. The summed E-state index contributed by atoms with van der Waals surface area (Å²) in [4.78, 5) is 0. The van der Waals surface area contributed by atoms with E-state index in [0.717, 1.165) is 0 Å². The molecule has 0 aromatic rings. The maximum atomic E-state index is 2.28. The Morgan fingerprint density at radius 2 is 1.91 bits per heavy atom. The molecule has 1 aliphatic rings. The van der Waals surface area contributed by atoms with Crippen LogP contribution in [0.3, 0.4) is 0 Å². The second kappa shape index (κ2) is 4.05. The minimum absolute atomic E-state index is 0. The molecule has 0 nitrogen and oxygen atoms in total.